The number of aliphatic hydroxyl groups excluding tert-OH is 1. The molecule has 1 aliphatic rings. The average molecular weight is 248 g/mol. The number of dihydropyridines is 1. The van der Waals surface area contributed by atoms with E-state index in [4.69, 9.17) is 5.11 Å². The van der Waals surface area contributed by atoms with Crippen LogP contribution < -0.4 is 0 Å². The van der Waals surface area contributed by atoms with Gasteiger partial charge in [0.25, 0.3) is 0 Å². The van der Waals surface area contributed by atoms with E-state index in [-0.39, 0.29) is 6.61 Å². The van der Waals surface area contributed by atoms with Crippen LogP contribution in [0.4, 0.5) is 0 Å². The first-order chi connectivity index (χ1) is 8.90. The molecule has 1 N–H and O–H groups in total. The lowest BCUT2D eigenvalue weighted by Gasteiger charge is -2.05. The molecule has 0 fully saturated rings. The van der Waals surface area contributed by atoms with Crippen LogP contribution in [0.2, 0.25) is 0 Å². The summed E-state index contributed by atoms with van der Waals surface area (Å²) in [5.74, 6) is 0. The zero-order valence-corrected chi connectivity index (χ0v) is 11.8. The molecule has 0 saturated heterocycles. The van der Waals surface area contributed by atoms with Crippen LogP contribution >= 0.6 is 0 Å². The molecule has 3 heteroatoms. The van der Waals surface area contributed by atoms with Gasteiger partial charge in [-0.2, -0.15) is 0 Å². The van der Waals surface area contributed by atoms with Gasteiger partial charge in [0.1, 0.15) is 0 Å². The first kappa shape index (κ1) is 16.5. The molecule has 0 radical (unpaired) electrons. The van der Waals surface area contributed by atoms with Crippen molar-refractivity contribution in [2.24, 2.45) is 4.99 Å². The largest absolute Gasteiger partial charge is 0.392 e. The third-order valence-electron chi connectivity index (χ3n) is 2.12. The summed E-state index contributed by atoms with van der Waals surface area (Å²) in [5.41, 5.74) is 2.63. The Labute approximate surface area is 110 Å². The van der Waals surface area contributed by atoms with Crippen molar-refractivity contribution in [2.75, 3.05) is 6.54 Å². The zero-order chi connectivity index (χ0) is 13.8. The van der Waals surface area contributed by atoms with Crippen molar-refractivity contribution in [3.8, 4) is 0 Å². The van der Waals surface area contributed by atoms with Gasteiger partial charge in [0.2, 0.25) is 0 Å². The van der Waals surface area contributed by atoms with Crippen LogP contribution in [0, 0.1) is 0 Å². The first-order valence-electron chi connectivity index (χ1n) is 6.67. The van der Waals surface area contributed by atoms with E-state index >= 15 is 0 Å². The molecule has 100 valence electrons. The summed E-state index contributed by atoms with van der Waals surface area (Å²) < 4.78 is 0. The van der Waals surface area contributed by atoms with E-state index in [0.29, 0.717) is 0 Å². The maximum Gasteiger partial charge on any atom is 0.0881 e. The monoisotopic (exact) mass is 248 g/mol. The van der Waals surface area contributed by atoms with Gasteiger partial charge in [-0.05, 0) is 24.1 Å². The van der Waals surface area contributed by atoms with E-state index in [0.717, 1.165) is 29.9 Å². The number of aliphatic hydroxyl groups is 1. The van der Waals surface area contributed by atoms with Crippen LogP contribution in [0.3, 0.4) is 0 Å². The van der Waals surface area contributed by atoms with Crippen LogP contribution in [0.1, 0.15) is 45.4 Å². The van der Waals surface area contributed by atoms with Crippen molar-refractivity contribution >= 4 is 5.71 Å². The number of hydrogen-bond donors (Lipinski definition) is 1. The fourth-order valence-corrected chi connectivity index (χ4v) is 1.34. The molecule has 0 bridgehead atoms. The topological polar surface area (TPSA) is 45.5 Å². The van der Waals surface area contributed by atoms with Gasteiger partial charge in [-0.25, -0.2) is 0 Å². The van der Waals surface area contributed by atoms with Gasteiger partial charge in [-0.1, -0.05) is 39.8 Å². The van der Waals surface area contributed by atoms with Crippen LogP contribution in [0.25, 0.3) is 0 Å². The van der Waals surface area contributed by atoms with Gasteiger partial charge in [-0.15, -0.1) is 0 Å². The fraction of sp³-hybridized carbons (Fsp3) is 0.467. The minimum Gasteiger partial charge on any atom is -0.392 e. The number of pyridine rings is 1. The van der Waals surface area contributed by atoms with Gasteiger partial charge >= 0.3 is 0 Å². The Hall–Kier alpha value is -1.48. The normalized spacial score (nSPS) is 12.6. The lowest BCUT2D eigenvalue weighted by molar-refractivity contribution is 0.281. The van der Waals surface area contributed by atoms with Gasteiger partial charge in [0, 0.05) is 12.7 Å². The predicted molar refractivity (Wildman–Crippen MR) is 78.0 cm³/mol. The van der Waals surface area contributed by atoms with Crippen LogP contribution in [-0.2, 0) is 6.61 Å². The van der Waals surface area contributed by atoms with Gasteiger partial charge in [0.15, 0.2) is 0 Å². The Kier molecular flexibility index (Phi) is 9.78. The van der Waals surface area contributed by atoms with Crippen molar-refractivity contribution < 1.29 is 5.11 Å². The number of aliphatic imine (C=N–C) groups is 1. The lowest BCUT2D eigenvalue weighted by atomic mass is 10.1. The highest BCUT2D eigenvalue weighted by Crippen LogP contribution is 2.06. The molecule has 18 heavy (non-hydrogen) atoms. The molecule has 2 rings (SSSR count). The van der Waals surface area contributed by atoms with Crippen LogP contribution in [0.5, 0.6) is 0 Å². The molecule has 0 unspecified atom stereocenters. The molecule has 0 aliphatic carbocycles. The highest BCUT2D eigenvalue weighted by molar-refractivity contribution is 6.07. The standard InChI is InChI=1S/C11H12N2O.2C2H6/c14-8-9-4-5-11(13-7-9)10-3-1-2-6-12-10;2*1-2/h1,3-5,7,14H,2,6,8H2;2*1-2H3. The second-order valence-corrected chi connectivity index (χ2v) is 3.17. The van der Waals surface area contributed by atoms with Gasteiger partial charge in [0.05, 0.1) is 18.0 Å². The van der Waals surface area contributed by atoms with Crippen molar-refractivity contribution in [1.29, 1.82) is 0 Å². The number of nitrogens with zero attached hydrogens (tertiary/aromatic N) is 2. The molecule has 0 atom stereocenters. The summed E-state index contributed by atoms with van der Waals surface area (Å²) in [4.78, 5) is 8.59. The Morgan fingerprint density at radius 1 is 1.17 bits per heavy atom. The average Bonchev–Trinajstić information content (AvgIpc) is 2.52. The van der Waals surface area contributed by atoms with Crippen LogP contribution in [0.15, 0.2) is 35.5 Å². The molecule has 0 spiro atoms. The first-order valence-corrected chi connectivity index (χ1v) is 6.67. The maximum absolute atomic E-state index is 8.85. The predicted octanol–water partition coefficient (Wildman–Crippen LogP) is 3.38. The molecule has 2 heterocycles. The summed E-state index contributed by atoms with van der Waals surface area (Å²) in [6.07, 6.45) is 6.78. The van der Waals surface area contributed by atoms with E-state index in [1.165, 1.54) is 0 Å². The van der Waals surface area contributed by atoms with E-state index in [2.05, 4.69) is 16.1 Å². The van der Waals surface area contributed by atoms with Crippen molar-refractivity contribution in [2.45, 2.75) is 40.7 Å². The highest BCUT2D eigenvalue weighted by Gasteiger charge is 2.03. The Morgan fingerprint density at radius 2 is 1.89 bits per heavy atom. The van der Waals surface area contributed by atoms with E-state index in [1.54, 1.807) is 6.20 Å². The minimum atomic E-state index is 0.0373. The zero-order valence-electron chi connectivity index (χ0n) is 11.8. The Bertz CT molecular complexity index is 367. The second kappa shape index (κ2) is 10.7. The lowest BCUT2D eigenvalue weighted by Crippen LogP contribution is -2.04. The minimum absolute atomic E-state index is 0.0373. The summed E-state index contributed by atoms with van der Waals surface area (Å²) in [5, 5.41) is 8.85. The van der Waals surface area contributed by atoms with E-state index in [9.17, 15) is 0 Å². The highest BCUT2D eigenvalue weighted by atomic mass is 16.3. The molecule has 1 aliphatic heterocycles. The van der Waals surface area contributed by atoms with Gasteiger partial charge in [-0.3, -0.25) is 9.98 Å². The molecule has 3 nitrogen and oxygen atoms in total. The van der Waals surface area contributed by atoms with E-state index < -0.39 is 0 Å². The second-order valence-electron chi connectivity index (χ2n) is 3.17. The van der Waals surface area contributed by atoms with E-state index in [1.807, 2.05) is 45.9 Å². The Morgan fingerprint density at radius 3 is 2.33 bits per heavy atom. The van der Waals surface area contributed by atoms with Crippen LogP contribution in [-0.4, -0.2) is 22.3 Å². The molecule has 0 amide bonds. The molecule has 1 aromatic rings. The summed E-state index contributed by atoms with van der Waals surface area (Å²) in [6.45, 7) is 8.88. The fourth-order valence-electron chi connectivity index (χ4n) is 1.34. The SMILES string of the molecule is CC.CC.OCc1ccc(C2=NCCC=C2)nc1. The summed E-state index contributed by atoms with van der Waals surface area (Å²) >= 11 is 0. The number of allylic oxidation sites excluding steroid dienone is 1. The summed E-state index contributed by atoms with van der Waals surface area (Å²) in [7, 11) is 0. The van der Waals surface area contributed by atoms with Gasteiger partial charge < -0.3 is 5.11 Å². The Balaban J connectivity index is 0.000000659. The maximum atomic E-state index is 8.85. The molecule has 0 saturated carbocycles. The van der Waals surface area contributed by atoms with Crippen molar-refractivity contribution in [1.82, 2.24) is 4.98 Å². The smallest absolute Gasteiger partial charge is 0.0881 e. The number of hydrogen-bond acceptors (Lipinski definition) is 3. The number of aromatic nitrogens is 1. The molecular weight excluding hydrogens is 224 g/mol. The molecular formula is C15H24N2O. The van der Waals surface area contributed by atoms with Crippen molar-refractivity contribution in [3.05, 3.63) is 41.7 Å². The third-order valence-corrected chi connectivity index (χ3v) is 2.12. The molecule has 0 aromatic carbocycles. The molecule has 1 aromatic heterocycles. The third kappa shape index (κ3) is 5.23. The number of rotatable bonds is 2. The van der Waals surface area contributed by atoms with Crippen molar-refractivity contribution in [3.63, 3.8) is 0 Å². The quantitative estimate of drug-likeness (QED) is 0.872. The summed E-state index contributed by atoms with van der Waals surface area (Å²) in [6, 6.07) is 3.76.